The maximum atomic E-state index is 4.98. The van der Waals surface area contributed by atoms with Gasteiger partial charge in [0.05, 0.1) is 5.69 Å². The average Bonchev–Trinajstić information content (AvgIpc) is 3.40. The quantitative estimate of drug-likeness (QED) is 0.487. The minimum absolute atomic E-state index is 0.372. The number of nitrogens with one attached hydrogen (secondary N) is 2. The molecule has 2 aromatic rings. The van der Waals surface area contributed by atoms with Gasteiger partial charge in [-0.2, -0.15) is 5.10 Å². The highest BCUT2D eigenvalue weighted by atomic mass is 15.3. The molecule has 1 aromatic carbocycles. The summed E-state index contributed by atoms with van der Waals surface area (Å²) in [5, 5.41) is 11.8. The van der Waals surface area contributed by atoms with Crippen LogP contribution in [0.15, 0.2) is 54.9 Å². The fourth-order valence-corrected chi connectivity index (χ4v) is 5.06. The summed E-state index contributed by atoms with van der Waals surface area (Å²) >= 11 is 0. The van der Waals surface area contributed by atoms with E-state index in [2.05, 4.69) is 65.7 Å². The van der Waals surface area contributed by atoms with Crippen molar-refractivity contribution in [2.75, 3.05) is 11.9 Å². The molecular weight excluding hydrogens is 380 g/mol. The molecule has 1 aromatic heterocycles. The van der Waals surface area contributed by atoms with Gasteiger partial charge in [0.2, 0.25) is 0 Å². The minimum atomic E-state index is 0.372. The molecule has 1 saturated carbocycles. The zero-order valence-corrected chi connectivity index (χ0v) is 19.1. The maximum Gasteiger partial charge on any atom is 0.152 e. The Hall–Kier alpha value is -2.49. The molecule has 4 heteroatoms. The summed E-state index contributed by atoms with van der Waals surface area (Å²) in [5.74, 6) is 2.12. The van der Waals surface area contributed by atoms with E-state index < -0.39 is 0 Å². The standard InChI is InChI=1S/C27H38N4/c1-4-9-23-12-8-13-24(17-23)26-18-27(29-21(3)25-16-20(2)28-19-25)30-31(26)15-14-22-10-6-5-7-11-22/h8,12-13,17-18,22,25,28H,2-7,9-11,14-16,19H2,1H3,(H,29,30)/t25-/m1/s1. The van der Waals surface area contributed by atoms with Crippen LogP contribution in [0.25, 0.3) is 11.3 Å². The predicted molar refractivity (Wildman–Crippen MR) is 131 cm³/mol. The molecule has 2 N–H and O–H groups in total. The zero-order valence-electron chi connectivity index (χ0n) is 19.1. The summed E-state index contributed by atoms with van der Waals surface area (Å²) in [5.41, 5.74) is 5.98. The first-order valence-corrected chi connectivity index (χ1v) is 12.2. The fourth-order valence-electron chi connectivity index (χ4n) is 5.06. The van der Waals surface area contributed by atoms with E-state index in [0.29, 0.717) is 5.92 Å². The van der Waals surface area contributed by atoms with Gasteiger partial charge < -0.3 is 10.6 Å². The molecule has 2 aliphatic rings. The number of anilines is 1. The number of rotatable bonds is 9. The summed E-state index contributed by atoms with van der Waals surface area (Å²) < 4.78 is 2.22. The molecule has 0 amide bonds. The Morgan fingerprint density at radius 2 is 2.06 bits per heavy atom. The Morgan fingerprint density at radius 3 is 2.81 bits per heavy atom. The molecule has 0 bridgehead atoms. The van der Waals surface area contributed by atoms with Crippen LogP contribution in [0.1, 0.15) is 63.9 Å². The molecule has 0 spiro atoms. The molecule has 1 atom stereocenters. The van der Waals surface area contributed by atoms with Gasteiger partial charge in [-0.1, -0.05) is 76.8 Å². The topological polar surface area (TPSA) is 41.9 Å². The molecule has 0 unspecified atom stereocenters. The van der Waals surface area contributed by atoms with Crippen LogP contribution in [-0.4, -0.2) is 16.3 Å². The lowest BCUT2D eigenvalue weighted by atomic mass is 9.87. The molecule has 2 heterocycles. The van der Waals surface area contributed by atoms with Gasteiger partial charge in [-0.25, -0.2) is 0 Å². The van der Waals surface area contributed by atoms with Gasteiger partial charge in [-0.15, -0.1) is 0 Å². The van der Waals surface area contributed by atoms with E-state index in [9.17, 15) is 0 Å². The van der Waals surface area contributed by atoms with Crippen LogP contribution in [-0.2, 0) is 13.0 Å². The highest BCUT2D eigenvalue weighted by molar-refractivity contribution is 5.65. The molecule has 166 valence electrons. The van der Waals surface area contributed by atoms with Crippen molar-refractivity contribution in [1.29, 1.82) is 0 Å². The number of aryl methyl sites for hydroxylation is 2. The molecule has 2 fully saturated rings. The van der Waals surface area contributed by atoms with Crippen LogP contribution < -0.4 is 10.6 Å². The van der Waals surface area contributed by atoms with Crippen molar-refractivity contribution in [2.24, 2.45) is 11.8 Å². The molecular formula is C27H38N4. The van der Waals surface area contributed by atoms with Crippen LogP contribution in [0.2, 0.25) is 0 Å². The Bertz CT molecular complexity index is 904. The average molecular weight is 419 g/mol. The molecule has 4 rings (SSSR count). The SMILES string of the molecule is C=C1C[C@@H](C(=C)Nc2cc(-c3cccc(CCC)c3)n(CCC3CCCCC3)n2)CN1. The van der Waals surface area contributed by atoms with Crippen LogP contribution in [0.5, 0.6) is 0 Å². The highest BCUT2D eigenvalue weighted by Gasteiger charge is 2.22. The van der Waals surface area contributed by atoms with Gasteiger partial charge in [-0.3, -0.25) is 4.68 Å². The number of nitrogens with zero attached hydrogens (tertiary/aromatic N) is 2. The molecule has 0 radical (unpaired) electrons. The third kappa shape index (κ3) is 5.61. The largest absolute Gasteiger partial charge is 0.388 e. The number of hydrogen-bond acceptors (Lipinski definition) is 3. The molecule has 1 aliphatic carbocycles. The first-order valence-electron chi connectivity index (χ1n) is 12.2. The van der Waals surface area contributed by atoms with E-state index in [1.54, 1.807) is 0 Å². The zero-order chi connectivity index (χ0) is 21.6. The van der Waals surface area contributed by atoms with E-state index in [4.69, 9.17) is 5.10 Å². The number of aromatic nitrogens is 2. The van der Waals surface area contributed by atoms with Crippen LogP contribution in [0.4, 0.5) is 5.82 Å². The van der Waals surface area contributed by atoms with Gasteiger partial charge in [0.25, 0.3) is 0 Å². The van der Waals surface area contributed by atoms with Gasteiger partial charge in [0.15, 0.2) is 5.82 Å². The summed E-state index contributed by atoms with van der Waals surface area (Å²) in [4.78, 5) is 0. The summed E-state index contributed by atoms with van der Waals surface area (Å²) in [6.45, 7) is 12.5. The summed E-state index contributed by atoms with van der Waals surface area (Å²) in [6, 6.07) is 11.2. The van der Waals surface area contributed by atoms with E-state index >= 15 is 0 Å². The Balaban J connectivity index is 1.54. The lowest BCUT2D eigenvalue weighted by Gasteiger charge is -2.21. The minimum Gasteiger partial charge on any atom is -0.388 e. The van der Waals surface area contributed by atoms with E-state index in [1.165, 1.54) is 55.3 Å². The second-order valence-corrected chi connectivity index (χ2v) is 9.42. The predicted octanol–water partition coefficient (Wildman–Crippen LogP) is 6.52. The monoisotopic (exact) mass is 418 g/mol. The van der Waals surface area contributed by atoms with Gasteiger partial charge in [-0.05, 0) is 36.8 Å². The summed E-state index contributed by atoms with van der Waals surface area (Å²) in [7, 11) is 0. The molecule has 31 heavy (non-hydrogen) atoms. The second kappa shape index (κ2) is 10.2. The van der Waals surface area contributed by atoms with Gasteiger partial charge in [0, 0.05) is 42.0 Å². The van der Waals surface area contributed by atoms with Gasteiger partial charge >= 0.3 is 0 Å². The van der Waals surface area contributed by atoms with Crippen molar-refractivity contribution in [1.82, 2.24) is 15.1 Å². The second-order valence-electron chi connectivity index (χ2n) is 9.42. The molecule has 1 aliphatic heterocycles. The highest BCUT2D eigenvalue weighted by Crippen LogP contribution is 2.30. The normalized spacial score (nSPS) is 19.4. The number of allylic oxidation sites excluding steroid dienone is 1. The Kier molecular flexibility index (Phi) is 7.16. The summed E-state index contributed by atoms with van der Waals surface area (Å²) in [6.07, 6.45) is 11.4. The van der Waals surface area contributed by atoms with Crippen molar-refractivity contribution < 1.29 is 0 Å². The van der Waals surface area contributed by atoms with E-state index in [0.717, 1.165) is 55.5 Å². The fraction of sp³-hybridized carbons (Fsp3) is 0.519. The van der Waals surface area contributed by atoms with Crippen molar-refractivity contribution >= 4 is 5.82 Å². The Morgan fingerprint density at radius 1 is 1.23 bits per heavy atom. The molecule has 4 nitrogen and oxygen atoms in total. The number of benzene rings is 1. The lowest BCUT2D eigenvalue weighted by molar-refractivity contribution is 0.319. The van der Waals surface area contributed by atoms with E-state index in [-0.39, 0.29) is 0 Å². The van der Waals surface area contributed by atoms with Crippen molar-refractivity contribution in [2.45, 2.75) is 71.3 Å². The third-order valence-electron chi connectivity index (χ3n) is 6.89. The Labute approximate surface area is 187 Å². The van der Waals surface area contributed by atoms with Crippen molar-refractivity contribution in [3.63, 3.8) is 0 Å². The maximum absolute atomic E-state index is 4.98. The number of hydrogen-bond donors (Lipinski definition) is 2. The third-order valence-corrected chi connectivity index (χ3v) is 6.89. The first kappa shape index (κ1) is 21.7. The van der Waals surface area contributed by atoms with Gasteiger partial charge in [0.1, 0.15) is 0 Å². The lowest BCUT2D eigenvalue weighted by Crippen LogP contribution is -2.15. The van der Waals surface area contributed by atoms with Crippen molar-refractivity contribution in [3.05, 3.63) is 60.4 Å². The van der Waals surface area contributed by atoms with Crippen LogP contribution in [0, 0.1) is 11.8 Å². The van der Waals surface area contributed by atoms with Crippen LogP contribution >= 0.6 is 0 Å². The molecule has 1 saturated heterocycles. The van der Waals surface area contributed by atoms with Crippen LogP contribution in [0.3, 0.4) is 0 Å². The smallest absolute Gasteiger partial charge is 0.152 e. The van der Waals surface area contributed by atoms with Crippen molar-refractivity contribution in [3.8, 4) is 11.3 Å². The first-order chi connectivity index (χ1) is 15.1. The van der Waals surface area contributed by atoms with E-state index in [1.807, 2.05) is 0 Å².